The summed E-state index contributed by atoms with van der Waals surface area (Å²) < 4.78 is 32.9. The fourth-order valence-electron chi connectivity index (χ4n) is 3.52. The molecule has 2 amide bonds. The summed E-state index contributed by atoms with van der Waals surface area (Å²) in [5.41, 5.74) is 1.68. The maximum atomic E-state index is 12.5. The summed E-state index contributed by atoms with van der Waals surface area (Å²) in [5, 5.41) is 9.72. The number of halogens is 1. The van der Waals surface area contributed by atoms with Crippen molar-refractivity contribution in [1.29, 1.82) is 5.26 Å². The summed E-state index contributed by atoms with van der Waals surface area (Å²) >= 11 is 6.68. The number of piperazine rings is 1. The normalized spacial score (nSPS) is 14.2. The lowest BCUT2D eigenvalue weighted by Gasteiger charge is -2.35. The summed E-state index contributed by atoms with van der Waals surface area (Å²) in [6, 6.07) is 5.99. The predicted molar refractivity (Wildman–Crippen MR) is 127 cm³/mol. The molecule has 3 aromatic rings. The molecule has 0 radical (unpaired) electrons. The number of nitrogens with zero attached hydrogens (tertiary/aromatic N) is 5. The number of aromatic nitrogens is 2. The molecule has 0 aliphatic carbocycles. The summed E-state index contributed by atoms with van der Waals surface area (Å²) in [6.45, 7) is 5.09. The molecule has 0 saturated carbocycles. The molecule has 178 valence electrons. The highest BCUT2D eigenvalue weighted by Crippen LogP contribution is 2.29. The summed E-state index contributed by atoms with van der Waals surface area (Å²) in [5.74, 6) is 1.67. The van der Waals surface area contributed by atoms with Crippen molar-refractivity contribution in [3.8, 4) is 17.5 Å². The Balaban J connectivity index is 1.46. The van der Waals surface area contributed by atoms with Crippen LogP contribution in [0, 0.1) is 18.3 Å². The lowest BCUT2D eigenvalue weighted by Crippen LogP contribution is -2.53. The van der Waals surface area contributed by atoms with Gasteiger partial charge in [-0.3, -0.25) is 0 Å². The fourth-order valence-corrected chi connectivity index (χ4v) is 5.98. The summed E-state index contributed by atoms with van der Waals surface area (Å²) in [6.07, 6.45) is 2.37. The zero-order chi connectivity index (χ0) is 24.5. The molecule has 0 aromatic carbocycles. The maximum absolute atomic E-state index is 12.5. The van der Waals surface area contributed by atoms with Gasteiger partial charge in [0.2, 0.25) is 5.89 Å². The van der Waals surface area contributed by atoms with Crippen molar-refractivity contribution in [2.45, 2.75) is 24.5 Å². The first kappa shape index (κ1) is 24.0. The summed E-state index contributed by atoms with van der Waals surface area (Å²) in [4.78, 5) is 24.8. The highest BCUT2D eigenvalue weighted by Gasteiger charge is 2.28. The minimum absolute atomic E-state index is 0.0278. The van der Waals surface area contributed by atoms with Crippen molar-refractivity contribution in [3.63, 3.8) is 0 Å². The fraction of sp³-hybridized carbons (Fsp3) is 0.333. The van der Waals surface area contributed by atoms with Gasteiger partial charge in [0, 0.05) is 32.6 Å². The van der Waals surface area contributed by atoms with Gasteiger partial charge in [0.05, 0.1) is 27.4 Å². The number of urea groups is 1. The van der Waals surface area contributed by atoms with Gasteiger partial charge in [0.15, 0.2) is 0 Å². The van der Waals surface area contributed by atoms with Gasteiger partial charge in [-0.15, -0.1) is 11.3 Å². The number of hydrogen-bond acceptors (Lipinski definition) is 9. The number of oxazole rings is 1. The molecule has 0 unspecified atom stereocenters. The molecule has 0 atom stereocenters. The van der Waals surface area contributed by atoms with Crippen molar-refractivity contribution in [2.24, 2.45) is 0 Å². The Morgan fingerprint density at radius 2 is 2.06 bits per heavy atom. The number of nitriles is 1. The van der Waals surface area contributed by atoms with Gasteiger partial charge in [-0.2, -0.15) is 5.26 Å². The number of pyridine rings is 1. The number of hydrogen-bond donors (Lipinski definition) is 1. The molecular formula is C21H21ClN6O4S2. The van der Waals surface area contributed by atoms with E-state index in [9.17, 15) is 18.5 Å². The average Bonchev–Trinajstić information content (AvgIpc) is 3.48. The highest BCUT2D eigenvalue weighted by atomic mass is 35.5. The van der Waals surface area contributed by atoms with Gasteiger partial charge >= 0.3 is 6.03 Å². The monoisotopic (exact) mass is 520 g/mol. The first-order valence-electron chi connectivity index (χ1n) is 10.4. The predicted octanol–water partition coefficient (Wildman–Crippen LogP) is 3.41. The number of carbonyl (C=O) groups is 1. The van der Waals surface area contributed by atoms with Crippen LogP contribution in [0.4, 0.5) is 10.6 Å². The molecule has 1 aliphatic rings. The van der Waals surface area contributed by atoms with Crippen molar-refractivity contribution in [1.82, 2.24) is 19.6 Å². The molecule has 1 aliphatic heterocycles. The second-order valence-electron chi connectivity index (χ2n) is 7.53. The van der Waals surface area contributed by atoms with Gasteiger partial charge in [0.1, 0.15) is 21.9 Å². The van der Waals surface area contributed by atoms with E-state index in [0.29, 0.717) is 52.4 Å². The Kier molecular flexibility index (Phi) is 6.79. The SMILES string of the molecule is CCc1cnc(-c2cc(C#N)c(N3CCN(C(=O)NS(=O)(=O)c4ccc(Cl)s4)CC3)nc2C)o1. The number of amides is 2. The molecule has 3 aromatic heterocycles. The zero-order valence-electron chi connectivity index (χ0n) is 18.4. The van der Waals surface area contributed by atoms with E-state index < -0.39 is 16.1 Å². The van der Waals surface area contributed by atoms with Gasteiger partial charge < -0.3 is 14.2 Å². The van der Waals surface area contributed by atoms with Crippen LogP contribution in [-0.4, -0.2) is 55.5 Å². The number of rotatable bonds is 5. The largest absolute Gasteiger partial charge is 0.441 e. The number of sulfonamides is 1. The molecule has 13 heteroatoms. The number of aryl methyl sites for hydroxylation is 2. The Labute approximate surface area is 205 Å². The second kappa shape index (κ2) is 9.61. The Morgan fingerprint density at radius 1 is 1.32 bits per heavy atom. The number of nitrogens with one attached hydrogen (secondary N) is 1. The van der Waals surface area contributed by atoms with E-state index in [1.165, 1.54) is 17.0 Å². The van der Waals surface area contributed by atoms with E-state index in [-0.39, 0.29) is 17.3 Å². The standard InChI is InChI=1S/C21H21ClN6O4S2/c1-3-15-12-24-20(32-15)16-10-14(11-23)19(25-13(16)2)27-6-8-28(9-7-27)21(29)26-34(30,31)18-5-4-17(22)33-18/h4-5,10,12H,3,6-9H2,1-2H3,(H,26,29). The average molecular weight is 521 g/mol. The van der Waals surface area contributed by atoms with E-state index in [0.717, 1.165) is 17.1 Å². The van der Waals surface area contributed by atoms with Crippen LogP contribution < -0.4 is 9.62 Å². The van der Waals surface area contributed by atoms with Crippen LogP contribution in [0.5, 0.6) is 0 Å². The molecule has 1 N–H and O–H groups in total. The van der Waals surface area contributed by atoms with E-state index in [1.807, 2.05) is 18.7 Å². The van der Waals surface area contributed by atoms with Gasteiger partial charge in [-0.1, -0.05) is 18.5 Å². The van der Waals surface area contributed by atoms with Crippen LogP contribution in [0.1, 0.15) is 23.9 Å². The Bertz CT molecular complexity index is 1370. The van der Waals surface area contributed by atoms with Crippen molar-refractivity contribution >= 4 is 44.8 Å². The maximum Gasteiger partial charge on any atom is 0.331 e. The number of thiophene rings is 1. The van der Waals surface area contributed by atoms with Crippen molar-refractivity contribution in [2.75, 3.05) is 31.1 Å². The molecule has 1 saturated heterocycles. The smallest absolute Gasteiger partial charge is 0.331 e. The number of anilines is 1. The van der Waals surface area contributed by atoms with Crippen molar-refractivity contribution in [3.05, 3.63) is 45.7 Å². The topological polar surface area (TPSA) is 132 Å². The van der Waals surface area contributed by atoms with Gasteiger partial charge in [-0.25, -0.2) is 27.9 Å². The van der Waals surface area contributed by atoms with Crippen LogP contribution in [0.3, 0.4) is 0 Å². The Morgan fingerprint density at radius 3 is 2.65 bits per heavy atom. The third kappa shape index (κ3) is 4.86. The van der Waals surface area contributed by atoms with E-state index in [4.69, 9.17) is 16.0 Å². The minimum Gasteiger partial charge on any atom is -0.441 e. The van der Waals surface area contributed by atoms with Crippen LogP contribution in [0.2, 0.25) is 4.34 Å². The first-order valence-corrected chi connectivity index (χ1v) is 13.1. The Hall–Kier alpha value is -3.14. The van der Waals surface area contributed by atoms with Gasteiger partial charge in [0.25, 0.3) is 10.0 Å². The van der Waals surface area contributed by atoms with E-state index >= 15 is 0 Å². The molecule has 10 nitrogen and oxygen atoms in total. The van der Waals surface area contributed by atoms with Crippen LogP contribution >= 0.6 is 22.9 Å². The summed E-state index contributed by atoms with van der Waals surface area (Å²) in [7, 11) is -3.99. The first-order chi connectivity index (χ1) is 16.2. The van der Waals surface area contributed by atoms with Gasteiger partial charge in [-0.05, 0) is 25.1 Å². The lowest BCUT2D eigenvalue weighted by atomic mass is 10.1. The third-order valence-electron chi connectivity index (χ3n) is 5.35. The minimum atomic E-state index is -3.99. The van der Waals surface area contributed by atoms with Crippen LogP contribution in [0.25, 0.3) is 11.5 Å². The van der Waals surface area contributed by atoms with E-state index in [2.05, 4.69) is 20.8 Å². The highest BCUT2D eigenvalue weighted by molar-refractivity contribution is 7.92. The van der Waals surface area contributed by atoms with E-state index in [1.54, 1.807) is 12.3 Å². The molecule has 0 spiro atoms. The number of carbonyl (C=O) groups excluding carboxylic acids is 1. The van der Waals surface area contributed by atoms with Crippen LogP contribution in [-0.2, 0) is 16.4 Å². The molecule has 1 fully saturated rings. The molecular weight excluding hydrogens is 500 g/mol. The lowest BCUT2D eigenvalue weighted by molar-refractivity contribution is 0.200. The molecule has 4 rings (SSSR count). The zero-order valence-corrected chi connectivity index (χ0v) is 20.8. The second-order valence-corrected chi connectivity index (χ2v) is 11.2. The third-order valence-corrected chi connectivity index (χ3v) is 8.39. The van der Waals surface area contributed by atoms with Crippen molar-refractivity contribution < 1.29 is 17.6 Å². The molecule has 0 bridgehead atoms. The van der Waals surface area contributed by atoms with Crippen LogP contribution in [0.15, 0.2) is 33.0 Å². The quantitative estimate of drug-likeness (QED) is 0.541. The molecule has 34 heavy (non-hydrogen) atoms. The molecule has 4 heterocycles.